The molecule has 0 amide bonds. The fourth-order valence-electron chi connectivity index (χ4n) is 1.91. The van der Waals surface area contributed by atoms with Crippen molar-refractivity contribution in [1.29, 1.82) is 0 Å². The van der Waals surface area contributed by atoms with E-state index in [-0.39, 0.29) is 5.60 Å². The van der Waals surface area contributed by atoms with Crippen molar-refractivity contribution in [1.82, 2.24) is 5.32 Å². The van der Waals surface area contributed by atoms with Crippen molar-refractivity contribution in [3.05, 3.63) is 22.7 Å². The molecule has 1 aromatic rings. The zero-order valence-corrected chi connectivity index (χ0v) is 12.5. The maximum absolute atomic E-state index is 6.18. The molecule has 0 aromatic heterocycles. The van der Waals surface area contributed by atoms with Crippen LogP contribution in [0.2, 0.25) is 0 Å². The van der Waals surface area contributed by atoms with Crippen molar-refractivity contribution >= 4 is 15.9 Å². The summed E-state index contributed by atoms with van der Waals surface area (Å²) >= 11 is 3.52. The minimum absolute atomic E-state index is 0.0354. The van der Waals surface area contributed by atoms with Crippen LogP contribution in [-0.2, 0) is 0 Å². The second kappa shape index (κ2) is 5.93. The number of nitrogens with one attached hydrogen (secondary N) is 1. The van der Waals surface area contributed by atoms with Gasteiger partial charge in [0.15, 0.2) is 11.5 Å². The average molecular weight is 314 g/mol. The molecule has 1 aliphatic rings. The highest BCUT2D eigenvalue weighted by molar-refractivity contribution is 9.10. The molecule has 0 unspecified atom stereocenters. The van der Waals surface area contributed by atoms with Gasteiger partial charge >= 0.3 is 0 Å². The molecule has 4 heteroatoms. The third kappa shape index (κ3) is 3.18. The van der Waals surface area contributed by atoms with Gasteiger partial charge in [-0.15, -0.1) is 0 Å². The van der Waals surface area contributed by atoms with Crippen LogP contribution in [0.1, 0.15) is 26.2 Å². The molecule has 1 saturated carbocycles. The molecule has 0 saturated heterocycles. The second-order valence-corrected chi connectivity index (χ2v) is 5.59. The van der Waals surface area contributed by atoms with Gasteiger partial charge in [-0.2, -0.15) is 0 Å². The molecule has 2 rings (SSSR count). The summed E-state index contributed by atoms with van der Waals surface area (Å²) < 4.78 is 12.5. The fraction of sp³-hybridized carbons (Fsp3) is 0.571. The summed E-state index contributed by atoms with van der Waals surface area (Å²) in [6.45, 7) is 4.12. The first-order chi connectivity index (χ1) is 8.71. The lowest BCUT2D eigenvalue weighted by Crippen LogP contribution is -2.33. The lowest BCUT2D eigenvalue weighted by molar-refractivity contribution is 0.167. The van der Waals surface area contributed by atoms with Crippen LogP contribution in [0.5, 0.6) is 11.5 Å². The van der Waals surface area contributed by atoms with Crippen LogP contribution in [0.25, 0.3) is 0 Å². The molecule has 3 nitrogen and oxygen atoms in total. The summed E-state index contributed by atoms with van der Waals surface area (Å²) in [6.07, 6.45) is 3.36. The number of methoxy groups -OCH3 is 1. The Balaban J connectivity index is 2.04. The second-order valence-electron chi connectivity index (χ2n) is 4.73. The van der Waals surface area contributed by atoms with Crippen LogP contribution in [-0.4, -0.2) is 25.8 Å². The minimum atomic E-state index is -0.0354. The van der Waals surface area contributed by atoms with Crippen LogP contribution < -0.4 is 14.8 Å². The molecular weight excluding hydrogens is 294 g/mol. The van der Waals surface area contributed by atoms with E-state index in [4.69, 9.17) is 9.47 Å². The smallest absolute Gasteiger partial charge is 0.176 e. The van der Waals surface area contributed by atoms with Crippen LogP contribution in [0, 0.1) is 0 Å². The molecule has 0 aliphatic heterocycles. The number of hydrogen-bond donors (Lipinski definition) is 1. The van der Waals surface area contributed by atoms with Crippen molar-refractivity contribution in [3.8, 4) is 11.5 Å². The molecule has 0 radical (unpaired) electrons. The van der Waals surface area contributed by atoms with Crippen LogP contribution >= 0.6 is 15.9 Å². The largest absolute Gasteiger partial charge is 0.493 e. The Morgan fingerprint density at radius 3 is 2.78 bits per heavy atom. The van der Waals surface area contributed by atoms with Gasteiger partial charge in [0.25, 0.3) is 0 Å². The van der Waals surface area contributed by atoms with E-state index in [0.717, 1.165) is 48.3 Å². The quantitative estimate of drug-likeness (QED) is 0.783. The molecule has 0 spiro atoms. The van der Waals surface area contributed by atoms with E-state index in [1.807, 2.05) is 18.2 Å². The predicted molar refractivity (Wildman–Crippen MR) is 76.4 cm³/mol. The first-order valence-corrected chi connectivity index (χ1v) is 7.22. The average Bonchev–Trinajstić information content (AvgIpc) is 3.12. The van der Waals surface area contributed by atoms with Gasteiger partial charge in [-0.05, 0) is 53.9 Å². The highest BCUT2D eigenvalue weighted by Crippen LogP contribution is 2.45. The molecule has 1 aliphatic carbocycles. The van der Waals surface area contributed by atoms with E-state index in [9.17, 15) is 0 Å². The summed E-state index contributed by atoms with van der Waals surface area (Å²) in [5.41, 5.74) is -0.0354. The minimum Gasteiger partial charge on any atom is -0.493 e. The van der Waals surface area contributed by atoms with E-state index in [1.54, 1.807) is 7.11 Å². The van der Waals surface area contributed by atoms with Crippen LogP contribution in [0.15, 0.2) is 22.7 Å². The Labute approximate surface area is 117 Å². The molecule has 1 fully saturated rings. The number of benzene rings is 1. The lowest BCUT2D eigenvalue weighted by Gasteiger charge is -2.21. The van der Waals surface area contributed by atoms with E-state index in [1.165, 1.54) is 0 Å². The summed E-state index contributed by atoms with van der Waals surface area (Å²) in [5, 5.41) is 3.43. The SMILES string of the molecule is CCCNCC1(Oc2c(Br)cccc2OC)CC1. The van der Waals surface area contributed by atoms with Gasteiger partial charge < -0.3 is 14.8 Å². The van der Waals surface area contributed by atoms with Gasteiger partial charge in [0.2, 0.25) is 0 Å². The van der Waals surface area contributed by atoms with Crippen LogP contribution in [0.4, 0.5) is 0 Å². The third-order valence-electron chi connectivity index (χ3n) is 3.15. The van der Waals surface area contributed by atoms with E-state index in [0.29, 0.717) is 0 Å². The summed E-state index contributed by atoms with van der Waals surface area (Å²) in [6, 6.07) is 5.85. The van der Waals surface area contributed by atoms with Crippen molar-refractivity contribution in [2.24, 2.45) is 0 Å². The van der Waals surface area contributed by atoms with E-state index >= 15 is 0 Å². The molecular formula is C14H20BrNO2. The maximum atomic E-state index is 6.18. The molecule has 0 bridgehead atoms. The Bertz CT molecular complexity index is 405. The molecule has 0 heterocycles. The highest BCUT2D eigenvalue weighted by atomic mass is 79.9. The maximum Gasteiger partial charge on any atom is 0.176 e. The van der Waals surface area contributed by atoms with Crippen molar-refractivity contribution < 1.29 is 9.47 Å². The fourth-order valence-corrected chi connectivity index (χ4v) is 2.34. The Morgan fingerprint density at radius 1 is 1.39 bits per heavy atom. The first-order valence-electron chi connectivity index (χ1n) is 6.43. The molecule has 0 atom stereocenters. The standard InChI is InChI=1S/C14H20BrNO2/c1-3-9-16-10-14(7-8-14)18-13-11(15)5-4-6-12(13)17-2/h4-6,16H,3,7-10H2,1-2H3. The first kappa shape index (κ1) is 13.7. The number of ether oxygens (including phenoxy) is 2. The predicted octanol–water partition coefficient (Wildman–Crippen LogP) is 3.37. The van der Waals surface area contributed by atoms with Gasteiger partial charge in [-0.3, -0.25) is 0 Å². The van der Waals surface area contributed by atoms with Gasteiger partial charge in [-0.25, -0.2) is 0 Å². The Morgan fingerprint density at radius 2 is 2.17 bits per heavy atom. The zero-order chi connectivity index (χ0) is 13.0. The summed E-state index contributed by atoms with van der Waals surface area (Å²) in [7, 11) is 1.67. The van der Waals surface area contributed by atoms with Crippen molar-refractivity contribution in [2.45, 2.75) is 31.8 Å². The number of para-hydroxylation sites is 1. The monoisotopic (exact) mass is 313 g/mol. The third-order valence-corrected chi connectivity index (χ3v) is 3.78. The highest BCUT2D eigenvalue weighted by Gasteiger charge is 2.45. The molecule has 18 heavy (non-hydrogen) atoms. The lowest BCUT2D eigenvalue weighted by atomic mass is 10.3. The summed E-state index contributed by atoms with van der Waals surface area (Å²) in [4.78, 5) is 0. The van der Waals surface area contributed by atoms with Crippen molar-refractivity contribution in [2.75, 3.05) is 20.2 Å². The molecule has 1 N–H and O–H groups in total. The van der Waals surface area contributed by atoms with E-state index < -0.39 is 0 Å². The molecule has 1 aromatic carbocycles. The zero-order valence-electron chi connectivity index (χ0n) is 11.0. The van der Waals surface area contributed by atoms with Crippen molar-refractivity contribution in [3.63, 3.8) is 0 Å². The van der Waals surface area contributed by atoms with Gasteiger partial charge in [0.1, 0.15) is 5.60 Å². The topological polar surface area (TPSA) is 30.5 Å². The normalized spacial score (nSPS) is 16.4. The Kier molecular flexibility index (Phi) is 4.51. The number of halogens is 1. The van der Waals surface area contributed by atoms with Crippen LogP contribution in [0.3, 0.4) is 0 Å². The number of rotatable bonds is 7. The summed E-state index contributed by atoms with van der Waals surface area (Å²) in [5.74, 6) is 1.60. The van der Waals surface area contributed by atoms with Gasteiger partial charge in [0.05, 0.1) is 11.6 Å². The molecule has 100 valence electrons. The Hall–Kier alpha value is -0.740. The number of hydrogen-bond acceptors (Lipinski definition) is 3. The van der Waals surface area contributed by atoms with Gasteiger partial charge in [-0.1, -0.05) is 13.0 Å². The van der Waals surface area contributed by atoms with E-state index in [2.05, 4.69) is 28.2 Å². The van der Waals surface area contributed by atoms with Gasteiger partial charge in [0, 0.05) is 6.54 Å².